The van der Waals surface area contributed by atoms with Crippen LogP contribution in [0.15, 0.2) is 24.3 Å². The maximum atomic E-state index is 12.3. The molecule has 0 bridgehead atoms. The standard InChI is InChI=1S/C19H27N5O3/c1-14-2-4-15(5-3-14)17(25)20-8-9-21-18(26)23-11-6-16(7-12-23)24-13-10-22-19(24)27/h2-5,16H,6-13H2,1H3,(H,20,25)(H,21,26)(H,22,27). The smallest absolute Gasteiger partial charge is 0.317 e. The molecule has 2 saturated heterocycles. The van der Waals surface area contributed by atoms with Crippen LogP contribution in [-0.4, -0.2) is 73.1 Å². The van der Waals surface area contributed by atoms with Gasteiger partial charge in [0, 0.05) is 50.9 Å². The van der Waals surface area contributed by atoms with E-state index in [2.05, 4.69) is 16.0 Å². The molecule has 5 amide bonds. The summed E-state index contributed by atoms with van der Waals surface area (Å²) in [5.74, 6) is -0.144. The van der Waals surface area contributed by atoms with E-state index in [0.29, 0.717) is 38.3 Å². The summed E-state index contributed by atoms with van der Waals surface area (Å²) in [6.45, 7) is 5.45. The molecule has 27 heavy (non-hydrogen) atoms. The number of carbonyl (C=O) groups excluding carboxylic acids is 3. The van der Waals surface area contributed by atoms with Crippen molar-refractivity contribution in [3.05, 3.63) is 35.4 Å². The summed E-state index contributed by atoms with van der Waals surface area (Å²) in [6.07, 6.45) is 1.59. The van der Waals surface area contributed by atoms with Gasteiger partial charge in [-0.2, -0.15) is 0 Å². The van der Waals surface area contributed by atoms with Crippen LogP contribution in [0.2, 0.25) is 0 Å². The fourth-order valence-corrected chi connectivity index (χ4v) is 3.48. The SMILES string of the molecule is Cc1ccc(C(=O)NCCNC(=O)N2CCC(N3CCNC3=O)CC2)cc1. The number of hydrogen-bond acceptors (Lipinski definition) is 3. The molecule has 2 fully saturated rings. The zero-order valence-corrected chi connectivity index (χ0v) is 15.7. The van der Waals surface area contributed by atoms with Crippen molar-refractivity contribution in [2.24, 2.45) is 0 Å². The van der Waals surface area contributed by atoms with Crippen molar-refractivity contribution >= 4 is 18.0 Å². The minimum Gasteiger partial charge on any atom is -0.350 e. The Morgan fingerprint density at radius 2 is 1.74 bits per heavy atom. The summed E-state index contributed by atoms with van der Waals surface area (Å²) >= 11 is 0. The predicted molar refractivity (Wildman–Crippen MR) is 102 cm³/mol. The second kappa shape index (κ2) is 8.75. The minimum absolute atomic E-state index is 0.00206. The number of likely N-dealkylation sites (tertiary alicyclic amines) is 1. The molecular weight excluding hydrogens is 346 g/mol. The molecular formula is C19H27N5O3. The first-order valence-corrected chi connectivity index (χ1v) is 9.46. The van der Waals surface area contributed by atoms with Gasteiger partial charge < -0.3 is 25.8 Å². The lowest BCUT2D eigenvalue weighted by Gasteiger charge is -2.36. The zero-order chi connectivity index (χ0) is 19.2. The van der Waals surface area contributed by atoms with Crippen LogP contribution < -0.4 is 16.0 Å². The molecule has 0 aliphatic carbocycles. The molecule has 1 aromatic rings. The number of piperidine rings is 1. The highest BCUT2D eigenvalue weighted by atomic mass is 16.2. The van der Waals surface area contributed by atoms with Crippen molar-refractivity contribution < 1.29 is 14.4 Å². The predicted octanol–water partition coefficient (Wildman–Crippen LogP) is 0.924. The first-order valence-electron chi connectivity index (χ1n) is 9.46. The van der Waals surface area contributed by atoms with Gasteiger partial charge in [0.1, 0.15) is 0 Å². The molecule has 0 aromatic heterocycles. The highest BCUT2D eigenvalue weighted by Crippen LogP contribution is 2.18. The van der Waals surface area contributed by atoms with Gasteiger partial charge in [-0.3, -0.25) is 4.79 Å². The van der Waals surface area contributed by atoms with Crippen molar-refractivity contribution in [1.82, 2.24) is 25.8 Å². The minimum atomic E-state index is -0.144. The Hall–Kier alpha value is -2.77. The molecule has 2 heterocycles. The third kappa shape index (κ3) is 4.90. The van der Waals surface area contributed by atoms with Crippen LogP contribution >= 0.6 is 0 Å². The van der Waals surface area contributed by atoms with E-state index in [1.165, 1.54) is 0 Å². The highest BCUT2D eigenvalue weighted by Gasteiger charge is 2.31. The van der Waals surface area contributed by atoms with Crippen LogP contribution in [-0.2, 0) is 0 Å². The normalized spacial score (nSPS) is 17.6. The average Bonchev–Trinajstić information content (AvgIpc) is 3.11. The summed E-state index contributed by atoms with van der Waals surface area (Å²) in [7, 11) is 0. The molecule has 8 nitrogen and oxygen atoms in total. The van der Waals surface area contributed by atoms with Crippen LogP contribution in [0.25, 0.3) is 0 Å². The second-order valence-corrected chi connectivity index (χ2v) is 7.00. The third-order valence-electron chi connectivity index (χ3n) is 5.08. The second-order valence-electron chi connectivity index (χ2n) is 7.00. The van der Waals surface area contributed by atoms with Gasteiger partial charge in [-0.05, 0) is 31.9 Å². The van der Waals surface area contributed by atoms with Gasteiger partial charge in [0.15, 0.2) is 0 Å². The Kier molecular flexibility index (Phi) is 6.16. The molecule has 1 aromatic carbocycles. The van der Waals surface area contributed by atoms with Crippen LogP contribution in [0.3, 0.4) is 0 Å². The quantitative estimate of drug-likeness (QED) is 0.670. The first-order chi connectivity index (χ1) is 13.0. The monoisotopic (exact) mass is 373 g/mol. The Morgan fingerprint density at radius 3 is 2.37 bits per heavy atom. The van der Waals surface area contributed by atoms with E-state index in [4.69, 9.17) is 0 Å². The Bertz CT molecular complexity index is 683. The molecule has 0 radical (unpaired) electrons. The number of hydrogen-bond donors (Lipinski definition) is 3. The van der Waals surface area contributed by atoms with Gasteiger partial charge in [0.25, 0.3) is 5.91 Å². The number of urea groups is 2. The number of nitrogens with one attached hydrogen (secondary N) is 3. The Morgan fingerprint density at radius 1 is 1.07 bits per heavy atom. The fraction of sp³-hybridized carbons (Fsp3) is 0.526. The van der Waals surface area contributed by atoms with Gasteiger partial charge in [-0.1, -0.05) is 17.7 Å². The van der Waals surface area contributed by atoms with Gasteiger partial charge in [0.05, 0.1) is 0 Å². The number of nitrogens with zero attached hydrogens (tertiary/aromatic N) is 2. The lowest BCUT2D eigenvalue weighted by Crippen LogP contribution is -2.51. The first kappa shape index (κ1) is 19.0. The van der Waals surface area contributed by atoms with Crippen LogP contribution in [0.4, 0.5) is 9.59 Å². The van der Waals surface area contributed by atoms with E-state index in [1.807, 2.05) is 24.0 Å². The zero-order valence-electron chi connectivity index (χ0n) is 15.7. The lowest BCUT2D eigenvalue weighted by molar-refractivity contribution is 0.0952. The van der Waals surface area contributed by atoms with E-state index in [0.717, 1.165) is 24.9 Å². The van der Waals surface area contributed by atoms with Crippen molar-refractivity contribution in [1.29, 1.82) is 0 Å². The van der Waals surface area contributed by atoms with E-state index >= 15 is 0 Å². The third-order valence-corrected chi connectivity index (χ3v) is 5.08. The van der Waals surface area contributed by atoms with Crippen LogP contribution in [0.1, 0.15) is 28.8 Å². The van der Waals surface area contributed by atoms with Gasteiger partial charge in [-0.25, -0.2) is 9.59 Å². The average molecular weight is 373 g/mol. The maximum absolute atomic E-state index is 12.3. The van der Waals surface area contributed by atoms with Crippen molar-refractivity contribution in [2.45, 2.75) is 25.8 Å². The van der Waals surface area contributed by atoms with Gasteiger partial charge >= 0.3 is 12.1 Å². The molecule has 3 rings (SSSR count). The van der Waals surface area contributed by atoms with Crippen LogP contribution in [0.5, 0.6) is 0 Å². The summed E-state index contributed by atoms with van der Waals surface area (Å²) in [5.41, 5.74) is 1.72. The fourth-order valence-electron chi connectivity index (χ4n) is 3.48. The van der Waals surface area contributed by atoms with Crippen molar-refractivity contribution in [3.63, 3.8) is 0 Å². The van der Waals surface area contributed by atoms with E-state index in [9.17, 15) is 14.4 Å². The number of rotatable bonds is 5. The summed E-state index contributed by atoms with van der Waals surface area (Å²) < 4.78 is 0. The molecule has 146 valence electrons. The van der Waals surface area contributed by atoms with E-state index < -0.39 is 0 Å². The molecule has 3 N–H and O–H groups in total. The number of aryl methyl sites for hydroxylation is 1. The van der Waals surface area contributed by atoms with Crippen LogP contribution in [0, 0.1) is 6.92 Å². The molecule has 8 heteroatoms. The summed E-state index contributed by atoms with van der Waals surface area (Å²) in [5, 5.41) is 8.46. The summed E-state index contributed by atoms with van der Waals surface area (Å²) in [6, 6.07) is 7.46. The van der Waals surface area contributed by atoms with Gasteiger partial charge in [-0.15, -0.1) is 0 Å². The Labute approximate surface area is 159 Å². The summed E-state index contributed by atoms with van der Waals surface area (Å²) in [4.78, 5) is 39.6. The largest absolute Gasteiger partial charge is 0.350 e. The molecule has 0 atom stereocenters. The number of benzene rings is 1. The lowest BCUT2D eigenvalue weighted by atomic mass is 10.0. The maximum Gasteiger partial charge on any atom is 0.317 e. The molecule has 0 saturated carbocycles. The van der Waals surface area contributed by atoms with Crippen molar-refractivity contribution in [3.8, 4) is 0 Å². The highest BCUT2D eigenvalue weighted by molar-refractivity contribution is 5.94. The Balaban J connectivity index is 1.33. The topological polar surface area (TPSA) is 93.8 Å². The van der Waals surface area contributed by atoms with Crippen molar-refractivity contribution in [2.75, 3.05) is 39.3 Å². The number of carbonyl (C=O) groups is 3. The molecule has 0 spiro atoms. The number of amides is 5. The van der Waals surface area contributed by atoms with Gasteiger partial charge in [0.2, 0.25) is 0 Å². The van der Waals surface area contributed by atoms with E-state index in [1.54, 1.807) is 17.0 Å². The molecule has 0 unspecified atom stereocenters. The molecule has 2 aliphatic rings. The molecule has 2 aliphatic heterocycles. The van der Waals surface area contributed by atoms with E-state index in [-0.39, 0.29) is 24.0 Å².